The Labute approximate surface area is 161 Å². The molecule has 140 valence electrons. The first-order valence-electron chi connectivity index (χ1n) is 8.68. The molecule has 0 aliphatic rings. The van der Waals surface area contributed by atoms with Crippen molar-refractivity contribution in [3.05, 3.63) is 66.0 Å². The zero-order valence-corrected chi connectivity index (χ0v) is 15.9. The summed E-state index contributed by atoms with van der Waals surface area (Å²) in [6.07, 6.45) is 0. The molecule has 0 unspecified atom stereocenters. The highest BCUT2D eigenvalue weighted by atomic mass is 32.2. The molecule has 3 aromatic rings. The van der Waals surface area contributed by atoms with Gasteiger partial charge in [-0.1, -0.05) is 48.2 Å². The molecule has 1 heterocycles. The Balaban J connectivity index is 1.96. The number of carbonyl (C=O) groups excluding carboxylic acids is 1. The smallest absolute Gasteiger partial charge is 0.240 e. The number of amides is 1. The molecule has 3 rings (SSSR count). The molecule has 0 N–H and O–H groups in total. The summed E-state index contributed by atoms with van der Waals surface area (Å²) in [4.78, 5) is 14.9. The van der Waals surface area contributed by atoms with Crippen LogP contribution in [-0.2, 0) is 4.79 Å². The lowest BCUT2D eigenvalue weighted by Gasteiger charge is -2.24. The number of carbonyl (C=O) groups is 1. The molecule has 6 nitrogen and oxygen atoms in total. The van der Waals surface area contributed by atoms with Gasteiger partial charge in [0, 0.05) is 13.1 Å². The van der Waals surface area contributed by atoms with Crippen LogP contribution in [0.25, 0.3) is 5.69 Å². The number of aromatic nitrogens is 4. The molecule has 0 aliphatic carbocycles. The van der Waals surface area contributed by atoms with Crippen LogP contribution in [0.3, 0.4) is 0 Å². The molecule has 27 heavy (non-hydrogen) atoms. The van der Waals surface area contributed by atoms with Gasteiger partial charge < -0.3 is 4.90 Å². The zero-order valence-electron chi connectivity index (χ0n) is 15.1. The number of rotatable bonds is 7. The van der Waals surface area contributed by atoms with Crippen LogP contribution >= 0.6 is 11.8 Å². The molecule has 2 aromatic carbocycles. The van der Waals surface area contributed by atoms with E-state index in [9.17, 15) is 9.18 Å². The van der Waals surface area contributed by atoms with E-state index in [4.69, 9.17) is 0 Å². The Bertz CT molecular complexity index is 898. The maximum atomic E-state index is 13.6. The van der Waals surface area contributed by atoms with Crippen molar-refractivity contribution in [2.45, 2.75) is 24.3 Å². The van der Waals surface area contributed by atoms with Gasteiger partial charge in [-0.15, -0.1) is 5.10 Å². The molecule has 1 atom stereocenters. The van der Waals surface area contributed by atoms with E-state index in [-0.39, 0.29) is 11.7 Å². The predicted octanol–water partition coefficient (Wildman–Crippen LogP) is 3.50. The van der Waals surface area contributed by atoms with E-state index in [0.717, 1.165) is 5.56 Å². The summed E-state index contributed by atoms with van der Waals surface area (Å²) in [6.45, 7) is 5.14. The monoisotopic (exact) mass is 385 g/mol. The average Bonchev–Trinajstić information content (AvgIpc) is 3.16. The third kappa shape index (κ3) is 4.33. The largest absolute Gasteiger partial charge is 0.342 e. The van der Waals surface area contributed by atoms with E-state index < -0.39 is 5.25 Å². The fraction of sp³-hybridized carbons (Fsp3) is 0.263. The predicted molar refractivity (Wildman–Crippen MR) is 102 cm³/mol. The summed E-state index contributed by atoms with van der Waals surface area (Å²) in [5, 5.41) is 11.7. The number of hydrogen-bond donors (Lipinski definition) is 0. The number of nitrogens with zero attached hydrogens (tertiary/aromatic N) is 5. The second-order valence-electron chi connectivity index (χ2n) is 5.77. The van der Waals surface area contributed by atoms with E-state index in [0.29, 0.717) is 23.9 Å². The van der Waals surface area contributed by atoms with Crippen LogP contribution in [0.1, 0.15) is 24.7 Å². The lowest BCUT2D eigenvalue weighted by Crippen LogP contribution is -2.34. The van der Waals surface area contributed by atoms with Crippen LogP contribution in [0, 0.1) is 5.82 Å². The summed E-state index contributed by atoms with van der Waals surface area (Å²) in [7, 11) is 0. The maximum Gasteiger partial charge on any atom is 0.240 e. The molecule has 0 saturated carbocycles. The third-order valence-electron chi connectivity index (χ3n) is 4.12. The summed E-state index contributed by atoms with van der Waals surface area (Å²) in [5.74, 6) is -0.386. The van der Waals surface area contributed by atoms with Crippen molar-refractivity contribution in [1.29, 1.82) is 0 Å². The van der Waals surface area contributed by atoms with Gasteiger partial charge >= 0.3 is 0 Å². The van der Waals surface area contributed by atoms with E-state index in [1.54, 1.807) is 17.0 Å². The fourth-order valence-corrected chi connectivity index (χ4v) is 3.80. The van der Waals surface area contributed by atoms with Crippen molar-refractivity contribution in [3.8, 4) is 5.69 Å². The highest BCUT2D eigenvalue weighted by Gasteiger charge is 2.28. The Morgan fingerprint density at radius 1 is 1.15 bits per heavy atom. The highest BCUT2D eigenvalue weighted by Crippen LogP contribution is 2.36. The standard InChI is InChI=1S/C19H20FN5OS/c1-3-24(4-2)18(26)17(14-9-6-5-7-10-14)27-19-21-22-23-25(19)16-12-8-11-15(20)13-16/h5-13,17H,3-4H2,1-2H3/t17-/m1/s1. The minimum absolute atomic E-state index is 0.00927. The Hall–Kier alpha value is -2.74. The van der Waals surface area contributed by atoms with Crippen LogP contribution in [0.5, 0.6) is 0 Å². The van der Waals surface area contributed by atoms with E-state index in [2.05, 4.69) is 15.5 Å². The van der Waals surface area contributed by atoms with Crippen molar-refractivity contribution in [1.82, 2.24) is 25.1 Å². The maximum absolute atomic E-state index is 13.6. The van der Waals surface area contributed by atoms with Gasteiger partial charge in [0.15, 0.2) is 0 Å². The molecule has 0 fully saturated rings. The van der Waals surface area contributed by atoms with Crippen LogP contribution in [0.15, 0.2) is 59.8 Å². The van der Waals surface area contributed by atoms with Crippen molar-refractivity contribution in [2.75, 3.05) is 13.1 Å². The molecule has 8 heteroatoms. The van der Waals surface area contributed by atoms with Crippen LogP contribution in [0.4, 0.5) is 4.39 Å². The van der Waals surface area contributed by atoms with Gasteiger partial charge in [-0.2, -0.15) is 4.68 Å². The second-order valence-corrected chi connectivity index (χ2v) is 6.84. The normalized spacial score (nSPS) is 12.0. The molecule has 1 aromatic heterocycles. The molecule has 0 aliphatic heterocycles. The van der Waals surface area contributed by atoms with E-state index >= 15 is 0 Å². The van der Waals surface area contributed by atoms with Gasteiger partial charge in [0.05, 0.1) is 5.69 Å². The van der Waals surface area contributed by atoms with Crippen LogP contribution in [-0.4, -0.2) is 44.1 Å². The van der Waals surface area contributed by atoms with Crippen LogP contribution in [0.2, 0.25) is 0 Å². The molecular weight excluding hydrogens is 365 g/mol. The van der Waals surface area contributed by atoms with Gasteiger partial charge in [0.25, 0.3) is 0 Å². The molecule has 0 radical (unpaired) electrons. The lowest BCUT2D eigenvalue weighted by atomic mass is 10.1. The summed E-state index contributed by atoms with van der Waals surface area (Å²) in [6, 6.07) is 15.5. The number of thioether (sulfide) groups is 1. The average molecular weight is 385 g/mol. The van der Waals surface area contributed by atoms with Gasteiger partial charge in [0.1, 0.15) is 11.1 Å². The summed E-state index contributed by atoms with van der Waals surface area (Å²) in [5.41, 5.74) is 1.37. The van der Waals surface area contributed by atoms with Crippen LogP contribution < -0.4 is 0 Å². The molecule has 0 spiro atoms. The summed E-state index contributed by atoms with van der Waals surface area (Å²) >= 11 is 1.26. The Morgan fingerprint density at radius 2 is 1.89 bits per heavy atom. The number of halogens is 1. The SMILES string of the molecule is CCN(CC)C(=O)[C@H](Sc1nnnn1-c1cccc(F)c1)c1ccccc1. The zero-order chi connectivity index (χ0) is 19.2. The molecule has 0 saturated heterocycles. The topological polar surface area (TPSA) is 63.9 Å². The highest BCUT2D eigenvalue weighted by molar-refractivity contribution is 8.00. The number of likely N-dealkylation sites (N-methyl/N-ethyl adjacent to an activating group) is 1. The van der Waals surface area contributed by atoms with Crippen molar-refractivity contribution >= 4 is 17.7 Å². The van der Waals surface area contributed by atoms with E-state index in [1.807, 2.05) is 44.2 Å². The second kappa shape index (κ2) is 8.77. The summed E-state index contributed by atoms with van der Waals surface area (Å²) < 4.78 is 15.0. The third-order valence-corrected chi connectivity index (χ3v) is 5.29. The first kappa shape index (κ1) is 19.0. The number of hydrogen-bond acceptors (Lipinski definition) is 5. The van der Waals surface area contributed by atoms with Gasteiger partial charge in [0.2, 0.25) is 11.1 Å². The lowest BCUT2D eigenvalue weighted by molar-refractivity contribution is -0.130. The van der Waals surface area contributed by atoms with Gasteiger partial charge in [-0.25, -0.2) is 4.39 Å². The molecule has 0 bridgehead atoms. The van der Waals surface area contributed by atoms with Crippen molar-refractivity contribution < 1.29 is 9.18 Å². The Kier molecular flexibility index (Phi) is 6.18. The minimum atomic E-state index is -0.496. The van der Waals surface area contributed by atoms with Gasteiger partial charge in [-0.05, 0) is 48.0 Å². The van der Waals surface area contributed by atoms with Gasteiger partial charge in [-0.3, -0.25) is 4.79 Å². The molecular formula is C19H20FN5OS. The minimum Gasteiger partial charge on any atom is -0.342 e. The number of benzene rings is 2. The number of tetrazole rings is 1. The Morgan fingerprint density at radius 3 is 2.56 bits per heavy atom. The van der Waals surface area contributed by atoms with E-state index in [1.165, 1.54) is 28.6 Å². The first-order valence-corrected chi connectivity index (χ1v) is 9.56. The molecule has 1 amide bonds. The van der Waals surface area contributed by atoms with Crippen molar-refractivity contribution in [3.63, 3.8) is 0 Å². The fourth-order valence-electron chi connectivity index (χ4n) is 2.72. The first-order chi connectivity index (χ1) is 13.1. The quantitative estimate of drug-likeness (QED) is 0.583. The van der Waals surface area contributed by atoms with Crippen molar-refractivity contribution in [2.24, 2.45) is 0 Å².